The molecule has 0 saturated heterocycles. The minimum absolute atomic E-state index is 0.00465. The largest absolute Gasteiger partial charge is 0.370 e. The molecule has 2 aromatic carbocycles. The van der Waals surface area contributed by atoms with Crippen LogP contribution >= 0.6 is 0 Å². The van der Waals surface area contributed by atoms with Crippen molar-refractivity contribution in [3.63, 3.8) is 0 Å². The first-order valence-electron chi connectivity index (χ1n) is 10.2. The van der Waals surface area contributed by atoms with Crippen molar-refractivity contribution in [1.82, 2.24) is 20.2 Å². The van der Waals surface area contributed by atoms with E-state index >= 15 is 0 Å². The van der Waals surface area contributed by atoms with Gasteiger partial charge in [0.15, 0.2) is 0 Å². The molecule has 9 heteroatoms. The third-order valence-electron chi connectivity index (χ3n) is 4.97. The second kappa shape index (κ2) is 10.3. The van der Waals surface area contributed by atoms with Gasteiger partial charge >= 0.3 is 0 Å². The molecule has 3 amide bonds. The van der Waals surface area contributed by atoms with Crippen molar-refractivity contribution in [1.29, 1.82) is 0 Å². The topological polar surface area (TPSA) is 136 Å². The normalized spacial score (nSPS) is 11.7. The van der Waals surface area contributed by atoms with Crippen LogP contribution in [-0.4, -0.2) is 39.9 Å². The first-order chi connectivity index (χ1) is 15.3. The van der Waals surface area contributed by atoms with Crippen LogP contribution in [0, 0.1) is 6.92 Å². The van der Waals surface area contributed by atoms with Crippen LogP contribution in [-0.2, 0) is 27.3 Å². The fourth-order valence-electron chi connectivity index (χ4n) is 3.34. The highest BCUT2D eigenvalue weighted by Gasteiger charge is 2.22. The van der Waals surface area contributed by atoms with Crippen molar-refractivity contribution < 1.29 is 14.4 Å². The van der Waals surface area contributed by atoms with Gasteiger partial charge in [0.1, 0.15) is 12.6 Å². The Kier molecular flexibility index (Phi) is 7.33. The number of primary amides is 1. The summed E-state index contributed by atoms with van der Waals surface area (Å²) < 4.78 is 1.21. The van der Waals surface area contributed by atoms with Crippen LogP contribution in [0.1, 0.15) is 17.5 Å². The molecule has 9 nitrogen and oxygen atoms in total. The summed E-state index contributed by atoms with van der Waals surface area (Å²) in [6.45, 7) is 1.65. The van der Waals surface area contributed by atoms with Crippen molar-refractivity contribution in [2.45, 2.75) is 32.4 Å². The number of hydrogen-bond acceptors (Lipinski definition) is 5. The monoisotopic (exact) mass is 435 g/mol. The molecule has 1 atom stereocenters. The zero-order valence-corrected chi connectivity index (χ0v) is 17.7. The zero-order valence-electron chi connectivity index (χ0n) is 17.7. The molecular weight excluding hydrogens is 410 g/mol. The summed E-state index contributed by atoms with van der Waals surface area (Å²) in [5.74, 6) is -1.48. The maximum atomic E-state index is 12.8. The van der Waals surface area contributed by atoms with Crippen molar-refractivity contribution >= 4 is 28.6 Å². The van der Waals surface area contributed by atoms with E-state index < -0.39 is 23.8 Å². The number of nitrogens with two attached hydrogens (primary N) is 1. The Morgan fingerprint density at radius 1 is 1.09 bits per heavy atom. The number of para-hydroxylation sites is 1. The quantitative estimate of drug-likeness (QED) is 0.448. The van der Waals surface area contributed by atoms with Crippen LogP contribution in [0.4, 0.5) is 0 Å². The van der Waals surface area contributed by atoms with Gasteiger partial charge in [0.25, 0.3) is 5.56 Å². The van der Waals surface area contributed by atoms with E-state index in [4.69, 9.17) is 5.73 Å². The van der Waals surface area contributed by atoms with Crippen LogP contribution in [0.5, 0.6) is 0 Å². The Balaban J connectivity index is 1.74. The van der Waals surface area contributed by atoms with Gasteiger partial charge in [0, 0.05) is 19.4 Å². The van der Waals surface area contributed by atoms with Crippen molar-refractivity contribution in [3.05, 3.63) is 76.3 Å². The van der Waals surface area contributed by atoms with Crippen LogP contribution in [0.15, 0.2) is 59.7 Å². The molecule has 0 aliphatic rings. The Labute approximate surface area is 184 Å². The van der Waals surface area contributed by atoms with Gasteiger partial charge in [0.05, 0.1) is 17.2 Å². The number of benzene rings is 2. The molecule has 1 aromatic heterocycles. The average Bonchev–Trinajstić information content (AvgIpc) is 2.76. The molecule has 3 aromatic rings. The molecule has 0 radical (unpaired) electrons. The number of aryl methyl sites for hydroxylation is 1. The number of nitrogens with one attached hydrogen (secondary N) is 2. The van der Waals surface area contributed by atoms with Crippen LogP contribution in [0.25, 0.3) is 10.9 Å². The van der Waals surface area contributed by atoms with E-state index in [1.165, 1.54) is 10.9 Å². The van der Waals surface area contributed by atoms with E-state index in [2.05, 4.69) is 15.6 Å². The van der Waals surface area contributed by atoms with E-state index in [1.807, 2.05) is 43.3 Å². The van der Waals surface area contributed by atoms with E-state index in [0.29, 0.717) is 10.9 Å². The fraction of sp³-hybridized carbons (Fsp3) is 0.261. The molecule has 0 unspecified atom stereocenters. The third-order valence-corrected chi connectivity index (χ3v) is 4.97. The molecule has 166 valence electrons. The lowest BCUT2D eigenvalue weighted by molar-refractivity contribution is -0.129. The van der Waals surface area contributed by atoms with E-state index in [0.717, 1.165) is 11.1 Å². The van der Waals surface area contributed by atoms with Crippen molar-refractivity contribution in [3.8, 4) is 0 Å². The van der Waals surface area contributed by atoms with Gasteiger partial charge in [-0.2, -0.15) is 0 Å². The number of nitrogens with zero attached hydrogens (tertiary/aromatic N) is 2. The lowest BCUT2D eigenvalue weighted by atomic mass is 10.1. The number of carbonyl (C=O) groups excluding carboxylic acids is 3. The summed E-state index contributed by atoms with van der Waals surface area (Å²) in [4.78, 5) is 53.3. The number of fused-ring (bicyclic) bond motifs is 1. The molecule has 0 saturated carbocycles. The third kappa shape index (κ3) is 5.78. The van der Waals surface area contributed by atoms with Gasteiger partial charge in [-0.15, -0.1) is 0 Å². The summed E-state index contributed by atoms with van der Waals surface area (Å²) in [5, 5.41) is 5.72. The van der Waals surface area contributed by atoms with Gasteiger partial charge in [-0.3, -0.25) is 23.7 Å². The highest BCUT2D eigenvalue weighted by atomic mass is 16.2. The van der Waals surface area contributed by atoms with Crippen LogP contribution in [0.3, 0.4) is 0 Å². The first-order valence-corrected chi connectivity index (χ1v) is 10.2. The highest BCUT2D eigenvalue weighted by Crippen LogP contribution is 2.11. The number of carbonyl (C=O) groups is 3. The lowest BCUT2D eigenvalue weighted by Crippen LogP contribution is -2.49. The molecule has 0 aliphatic heterocycles. The van der Waals surface area contributed by atoms with Gasteiger partial charge < -0.3 is 16.4 Å². The van der Waals surface area contributed by atoms with Crippen LogP contribution < -0.4 is 21.9 Å². The summed E-state index contributed by atoms with van der Waals surface area (Å²) in [6, 6.07) is 13.6. The minimum Gasteiger partial charge on any atom is -0.370 e. The maximum absolute atomic E-state index is 12.8. The van der Waals surface area contributed by atoms with Gasteiger partial charge in [-0.1, -0.05) is 42.5 Å². The molecule has 0 bridgehead atoms. The first kappa shape index (κ1) is 22.7. The Hall–Kier alpha value is -4.01. The summed E-state index contributed by atoms with van der Waals surface area (Å²) in [5.41, 5.74) is 7.08. The van der Waals surface area contributed by atoms with Gasteiger partial charge in [-0.25, -0.2) is 4.98 Å². The summed E-state index contributed by atoms with van der Waals surface area (Å²) in [7, 11) is 0. The van der Waals surface area contributed by atoms with Gasteiger partial charge in [-0.05, 0) is 24.1 Å². The second-order valence-electron chi connectivity index (χ2n) is 7.47. The standard InChI is InChI=1S/C23H25N5O4/c1-15-6-5-9-17-21(15)26-14-28(23(17)32)13-20(30)27-18(12-16-7-3-2-4-8-16)22(31)25-11-10-19(24)29/h2-9,14,18H,10-13H2,1H3,(H2,24,29)(H,25,31)(H,27,30)/t18-/m0/s1. The lowest BCUT2D eigenvalue weighted by Gasteiger charge is -2.19. The number of amides is 3. The molecule has 4 N–H and O–H groups in total. The van der Waals surface area contributed by atoms with Crippen molar-refractivity contribution in [2.75, 3.05) is 6.54 Å². The van der Waals surface area contributed by atoms with E-state index in [1.54, 1.807) is 12.1 Å². The van der Waals surface area contributed by atoms with Crippen LogP contribution in [0.2, 0.25) is 0 Å². The number of rotatable bonds is 9. The Morgan fingerprint density at radius 3 is 2.56 bits per heavy atom. The average molecular weight is 435 g/mol. The second-order valence-corrected chi connectivity index (χ2v) is 7.47. The molecule has 0 aliphatic carbocycles. The highest BCUT2D eigenvalue weighted by molar-refractivity contribution is 5.88. The Bertz CT molecular complexity index is 1190. The molecule has 0 spiro atoms. The molecule has 0 fully saturated rings. The number of aromatic nitrogens is 2. The predicted molar refractivity (Wildman–Crippen MR) is 120 cm³/mol. The molecule has 3 rings (SSSR count). The summed E-state index contributed by atoms with van der Waals surface area (Å²) >= 11 is 0. The zero-order chi connectivity index (χ0) is 23.1. The molecular formula is C23H25N5O4. The smallest absolute Gasteiger partial charge is 0.261 e. The molecule has 32 heavy (non-hydrogen) atoms. The fourth-order valence-corrected chi connectivity index (χ4v) is 3.34. The van der Waals surface area contributed by atoms with Crippen molar-refractivity contribution in [2.24, 2.45) is 5.73 Å². The minimum atomic E-state index is -0.885. The molecule has 1 heterocycles. The SMILES string of the molecule is Cc1cccc2c(=O)n(CC(=O)N[C@@H](Cc3ccccc3)C(=O)NCCC(N)=O)cnc12. The van der Waals surface area contributed by atoms with E-state index in [9.17, 15) is 19.2 Å². The predicted octanol–water partition coefficient (Wildman–Crippen LogP) is 0.424. The Morgan fingerprint density at radius 2 is 1.84 bits per heavy atom. The maximum Gasteiger partial charge on any atom is 0.261 e. The van der Waals surface area contributed by atoms with E-state index in [-0.39, 0.29) is 31.5 Å². The number of hydrogen-bond donors (Lipinski definition) is 3. The summed E-state index contributed by atoms with van der Waals surface area (Å²) in [6.07, 6.45) is 1.57. The van der Waals surface area contributed by atoms with Gasteiger partial charge in [0.2, 0.25) is 17.7 Å².